The predicted molar refractivity (Wildman–Crippen MR) is 128 cm³/mol. The number of anilines is 1. The lowest BCUT2D eigenvalue weighted by Crippen LogP contribution is -2.15. The van der Waals surface area contributed by atoms with E-state index in [4.69, 9.17) is 16.3 Å². The van der Waals surface area contributed by atoms with Crippen molar-refractivity contribution in [2.75, 3.05) is 11.1 Å². The van der Waals surface area contributed by atoms with Crippen LogP contribution in [0, 0.1) is 0 Å². The zero-order chi connectivity index (χ0) is 22.3. The summed E-state index contributed by atoms with van der Waals surface area (Å²) in [7, 11) is 1.85. The molecule has 1 aromatic heterocycles. The number of carbonyl (C=O) groups is 1. The van der Waals surface area contributed by atoms with Crippen molar-refractivity contribution in [3.63, 3.8) is 0 Å². The quantitative estimate of drug-likeness (QED) is 0.351. The molecular weight excluding hydrogens is 444 g/mol. The third kappa shape index (κ3) is 5.49. The summed E-state index contributed by atoms with van der Waals surface area (Å²) < 4.78 is 7.56. The van der Waals surface area contributed by atoms with Crippen molar-refractivity contribution in [1.82, 2.24) is 14.8 Å². The number of aromatic nitrogens is 3. The molecule has 0 unspecified atom stereocenters. The number of rotatable bonds is 8. The van der Waals surface area contributed by atoms with E-state index in [1.807, 2.05) is 66.2 Å². The largest absolute Gasteiger partial charge is 0.486 e. The van der Waals surface area contributed by atoms with Crippen LogP contribution in [0.2, 0.25) is 5.02 Å². The van der Waals surface area contributed by atoms with Crippen molar-refractivity contribution in [2.45, 2.75) is 11.8 Å². The average molecular weight is 465 g/mol. The lowest BCUT2D eigenvalue weighted by molar-refractivity contribution is -0.113. The van der Waals surface area contributed by atoms with Crippen molar-refractivity contribution < 1.29 is 9.53 Å². The Hall–Kier alpha value is -3.29. The number of nitrogens with zero attached hydrogens (tertiary/aromatic N) is 3. The Morgan fingerprint density at radius 3 is 2.50 bits per heavy atom. The number of hydrogen-bond donors (Lipinski definition) is 1. The first-order valence-electron chi connectivity index (χ1n) is 9.94. The molecule has 0 aliphatic rings. The highest BCUT2D eigenvalue weighted by molar-refractivity contribution is 7.99. The molecule has 0 spiro atoms. The van der Waals surface area contributed by atoms with Crippen LogP contribution in [0.3, 0.4) is 0 Å². The van der Waals surface area contributed by atoms with Crippen molar-refractivity contribution in [2.24, 2.45) is 7.05 Å². The third-order valence-electron chi connectivity index (χ3n) is 4.72. The summed E-state index contributed by atoms with van der Waals surface area (Å²) in [6.07, 6.45) is 0. The van der Waals surface area contributed by atoms with Gasteiger partial charge in [0.1, 0.15) is 12.4 Å². The van der Waals surface area contributed by atoms with Crippen LogP contribution >= 0.6 is 23.4 Å². The maximum atomic E-state index is 12.6. The molecule has 6 nitrogen and oxygen atoms in total. The summed E-state index contributed by atoms with van der Waals surface area (Å²) in [5.41, 5.74) is 2.81. The van der Waals surface area contributed by atoms with Crippen LogP contribution in [0.4, 0.5) is 5.69 Å². The second kappa shape index (κ2) is 10.3. The minimum Gasteiger partial charge on any atom is -0.486 e. The highest BCUT2D eigenvalue weighted by atomic mass is 35.5. The second-order valence-electron chi connectivity index (χ2n) is 6.95. The van der Waals surface area contributed by atoms with Gasteiger partial charge in [0.25, 0.3) is 0 Å². The Bertz CT molecular complexity index is 1200. The van der Waals surface area contributed by atoms with Gasteiger partial charge < -0.3 is 14.6 Å². The number of carbonyl (C=O) groups excluding carboxylic acids is 1. The molecule has 1 amide bonds. The van der Waals surface area contributed by atoms with Gasteiger partial charge in [0, 0.05) is 23.3 Å². The molecule has 0 aliphatic carbocycles. The van der Waals surface area contributed by atoms with Gasteiger partial charge in [-0.2, -0.15) is 0 Å². The number of ether oxygens (including phenoxy) is 1. The van der Waals surface area contributed by atoms with Crippen LogP contribution < -0.4 is 10.1 Å². The van der Waals surface area contributed by atoms with Gasteiger partial charge in [0.2, 0.25) is 5.91 Å². The molecule has 0 radical (unpaired) electrons. The summed E-state index contributed by atoms with van der Waals surface area (Å²) in [6, 6.07) is 24.9. The maximum Gasteiger partial charge on any atom is 0.234 e. The summed E-state index contributed by atoms with van der Waals surface area (Å²) in [5.74, 6) is 1.47. The van der Waals surface area contributed by atoms with Crippen LogP contribution in [-0.2, 0) is 18.4 Å². The average Bonchev–Trinajstić information content (AvgIpc) is 3.17. The van der Waals surface area contributed by atoms with E-state index in [2.05, 4.69) is 15.5 Å². The SMILES string of the molecule is Cn1c(COc2ccc(Cl)cc2)nnc1SCC(=O)Nc1ccccc1-c1ccccc1. The molecule has 0 aliphatic heterocycles. The molecule has 4 rings (SSSR count). The molecular formula is C24H21ClN4O2S. The Balaban J connectivity index is 1.35. The number of para-hydroxylation sites is 1. The van der Waals surface area contributed by atoms with Crippen LogP contribution in [-0.4, -0.2) is 26.4 Å². The van der Waals surface area contributed by atoms with Gasteiger partial charge in [-0.25, -0.2) is 0 Å². The van der Waals surface area contributed by atoms with E-state index in [-0.39, 0.29) is 18.3 Å². The Kier molecular flexibility index (Phi) is 7.09. The first-order valence-corrected chi connectivity index (χ1v) is 11.3. The number of halogens is 1. The van der Waals surface area contributed by atoms with Crippen LogP contribution in [0.25, 0.3) is 11.1 Å². The van der Waals surface area contributed by atoms with Gasteiger partial charge in [0.05, 0.1) is 5.75 Å². The molecule has 0 saturated carbocycles. The maximum absolute atomic E-state index is 12.6. The molecule has 0 bridgehead atoms. The number of hydrogen-bond acceptors (Lipinski definition) is 5. The van der Waals surface area contributed by atoms with Crippen LogP contribution in [0.15, 0.2) is 84.0 Å². The fraction of sp³-hybridized carbons (Fsp3) is 0.125. The van der Waals surface area contributed by atoms with Crippen molar-refractivity contribution >= 4 is 35.0 Å². The minimum atomic E-state index is -0.111. The highest BCUT2D eigenvalue weighted by Crippen LogP contribution is 2.28. The van der Waals surface area contributed by atoms with E-state index in [1.54, 1.807) is 24.3 Å². The van der Waals surface area contributed by atoms with Gasteiger partial charge in [-0.1, -0.05) is 71.9 Å². The van der Waals surface area contributed by atoms with Crippen LogP contribution in [0.5, 0.6) is 5.75 Å². The number of amides is 1. The lowest BCUT2D eigenvalue weighted by Gasteiger charge is -2.11. The third-order valence-corrected chi connectivity index (χ3v) is 6.00. The number of nitrogens with one attached hydrogen (secondary N) is 1. The molecule has 162 valence electrons. The van der Waals surface area contributed by atoms with Crippen molar-refractivity contribution in [3.8, 4) is 16.9 Å². The second-order valence-corrected chi connectivity index (χ2v) is 8.33. The molecule has 3 aromatic carbocycles. The Morgan fingerprint density at radius 1 is 1.00 bits per heavy atom. The Labute approximate surface area is 195 Å². The normalized spacial score (nSPS) is 10.7. The molecule has 0 atom stereocenters. The summed E-state index contributed by atoms with van der Waals surface area (Å²) in [4.78, 5) is 12.6. The molecule has 1 N–H and O–H groups in total. The van der Waals surface area contributed by atoms with Crippen molar-refractivity contribution in [1.29, 1.82) is 0 Å². The molecule has 8 heteroatoms. The first-order chi connectivity index (χ1) is 15.6. The zero-order valence-electron chi connectivity index (χ0n) is 17.4. The molecule has 4 aromatic rings. The predicted octanol–water partition coefficient (Wildman–Crippen LogP) is 5.45. The Morgan fingerprint density at radius 2 is 1.72 bits per heavy atom. The van der Waals surface area contributed by atoms with Crippen molar-refractivity contribution in [3.05, 3.63) is 89.7 Å². The fourth-order valence-corrected chi connectivity index (χ4v) is 3.91. The topological polar surface area (TPSA) is 69.0 Å². The smallest absolute Gasteiger partial charge is 0.234 e. The van der Waals surface area contributed by atoms with E-state index >= 15 is 0 Å². The van der Waals surface area contributed by atoms with E-state index in [0.717, 1.165) is 16.8 Å². The van der Waals surface area contributed by atoms with Gasteiger partial charge in [0.15, 0.2) is 11.0 Å². The summed E-state index contributed by atoms with van der Waals surface area (Å²) in [6.45, 7) is 0.266. The van der Waals surface area contributed by atoms with E-state index in [0.29, 0.717) is 21.8 Å². The first kappa shape index (κ1) is 21.9. The number of thioether (sulfide) groups is 1. The lowest BCUT2D eigenvalue weighted by atomic mass is 10.0. The summed E-state index contributed by atoms with van der Waals surface area (Å²) >= 11 is 7.22. The summed E-state index contributed by atoms with van der Waals surface area (Å²) in [5, 5.41) is 12.7. The van der Waals surface area contributed by atoms with Gasteiger partial charge in [-0.3, -0.25) is 4.79 Å². The van der Waals surface area contributed by atoms with Crippen LogP contribution in [0.1, 0.15) is 5.82 Å². The molecule has 32 heavy (non-hydrogen) atoms. The van der Waals surface area contributed by atoms with Gasteiger partial charge in [-0.15, -0.1) is 10.2 Å². The zero-order valence-corrected chi connectivity index (χ0v) is 18.9. The monoisotopic (exact) mass is 464 g/mol. The molecule has 0 fully saturated rings. The van der Waals surface area contributed by atoms with Gasteiger partial charge in [-0.05, 0) is 35.9 Å². The van der Waals surface area contributed by atoms with E-state index in [1.165, 1.54) is 11.8 Å². The van der Waals surface area contributed by atoms with E-state index in [9.17, 15) is 4.79 Å². The molecule has 0 saturated heterocycles. The standard InChI is InChI=1S/C24H21ClN4O2S/c1-29-22(15-31-19-13-11-18(25)12-14-19)27-28-24(29)32-16-23(30)26-21-10-6-5-9-20(21)17-7-3-2-4-8-17/h2-14H,15-16H2,1H3,(H,26,30). The van der Waals surface area contributed by atoms with E-state index < -0.39 is 0 Å². The highest BCUT2D eigenvalue weighted by Gasteiger charge is 2.13. The van der Waals surface area contributed by atoms with Gasteiger partial charge >= 0.3 is 0 Å². The number of benzene rings is 3. The fourth-order valence-electron chi connectivity index (χ4n) is 3.05. The molecule has 1 heterocycles. The minimum absolute atomic E-state index is 0.111.